The van der Waals surface area contributed by atoms with Gasteiger partial charge in [0.2, 0.25) is 5.91 Å². The zero-order chi connectivity index (χ0) is 18.3. The van der Waals surface area contributed by atoms with Gasteiger partial charge < -0.3 is 10.1 Å². The summed E-state index contributed by atoms with van der Waals surface area (Å²) >= 11 is 7.33. The number of benzene rings is 2. The van der Waals surface area contributed by atoms with E-state index in [1.807, 2.05) is 42.5 Å². The second-order valence-electron chi connectivity index (χ2n) is 6.69. The number of carbonyl (C=O) groups excluding carboxylic acids is 1. The molecule has 2 aromatic rings. The molecule has 0 heterocycles. The van der Waals surface area contributed by atoms with E-state index >= 15 is 0 Å². The summed E-state index contributed by atoms with van der Waals surface area (Å²) in [5.74, 6) is 1.24. The SMILES string of the molecule is CC(C)(C)c1ccccc1OCCNC(=O)CSc1ccc(Cl)cc1. The predicted octanol–water partition coefficient (Wildman–Crippen LogP) is 4.92. The molecule has 0 spiro atoms. The van der Waals surface area contributed by atoms with Crippen molar-refractivity contribution in [1.82, 2.24) is 5.32 Å². The molecule has 0 unspecified atom stereocenters. The van der Waals surface area contributed by atoms with Crippen molar-refractivity contribution in [2.75, 3.05) is 18.9 Å². The highest BCUT2D eigenvalue weighted by molar-refractivity contribution is 8.00. The Hall–Kier alpha value is -1.65. The minimum absolute atomic E-state index is 0.00680. The second-order valence-corrected chi connectivity index (χ2v) is 8.17. The Kier molecular flexibility index (Phi) is 7.21. The Bertz CT molecular complexity index is 696. The molecule has 25 heavy (non-hydrogen) atoms. The van der Waals surface area contributed by atoms with Crippen molar-refractivity contribution in [3.63, 3.8) is 0 Å². The predicted molar refractivity (Wildman–Crippen MR) is 106 cm³/mol. The van der Waals surface area contributed by atoms with Crippen molar-refractivity contribution in [2.24, 2.45) is 0 Å². The Balaban J connectivity index is 1.72. The molecule has 0 aromatic heterocycles. The van der Waals surface area contributed by atoms with Gasteiger partial charge >= 0.3 is 0 Å². The van der Waals surface area contributed by atoms with Crippen LogP contribution in [0, 0.1) is 0 Å². The minimum Gasteiger partial charge on any atom is -0.491 e. The van der Waals surface area contributed by atoms with Gasteiger partial charge in [-0.15, -0.1) is 11.8 Å². The van der Waals surface area contributed by atoms with E-state index in [1.54, 1.807) is 0 Å². The minimum atomic E-state index is -0.00680. The molecular formula is C20H24ClNO2S. The maximum atomic E-state index is 11.9. The van der Waals surface area contributed by atoms with Crippen LogP contribution in [0.2, 0.25) is 5.02 Å². The number of nitrogens with one attached hydrogen (secondary N) is 1. The standard InChI is InChI=1S/C20H24ClNO2S/c1-20(2,3)17-6-4-5-7-18(17)24-13-12-22-19(23)14-25-16-10-8-15(21)9-11-16/h4-11H,12-14H2,1-3H3,(H,22,23). The summed E-state index contributed by atoms with van der Waals surface area (Å²) in [5, 5.41) is 3.58. The molecule has 0 aliphatic rings. The molecular weight excluding hydrogens is 354 g/mol. The first-order chi connectivity index (χ1) is 11.9. The smallest absolute Gasteiger partial charge is 0.230 e. The number of amides is 1. The first kappa shape index (κ1) is 19.7. The van der Waals surface area contributed by atoms with Crippen LogP contribution in [0.25, 0.3) is 0 Å². The highest BCUT2D eigenvalue weighted by atomic mass is 35.5. The van der Waals surface area contributed by atoms with Crippen LogP contribution in [0.5, 0.6) is 5.75 Å². The summed E-state index contributed by atoms with van der Waals surface area (Å²) in [6.45, 7) is 7.41. The molecule has 0 aliphatic heterocycles. The highest BCUT2D eigenvalue weighted by Crippen LogP contribution is 2.30. The van der Waals surface area contributed by atoms with Crippen molar-refractivity contribution in [1.29, 1.82) is 0 Å². The molecule has 0 aliphatic carbocycles. The Morgan fingerprint density at radius 1 is 1.12 bits per heavy atom. The molecule has 1 amide bonds. The number of rotatable bonds is 7. The summed E-state index contributed by atoms with van der Waals surface area (Å²) in [6.07, 6.45) is 0. The molecule has 1 N–H and O–H groups in total. The van der Waals surface area contributed by atoms with E-state index in [2.05, 4.69) is 32.2 Å². The quantitative estimate of drug-likeness (QED) is 0.549. The maximum absolute atomic E-state index is 11.9. The monoisotopic (exact) mass is 377 g/mol. The van der Waals surface area contributed by atoms with E-state index in [-0.39, 0.29) is 11.3 Å². The number of hydrogen-bond acceptors (Lipinski definition) is 3. The first-order valence-corrected chi connectivity index (χ1v) is 9.60. The normalized spacial score (nSPS) is 11.2. The topological polar surface area (TPSA) is 38.3 Å². The maximum Gasteiger partial charge on any atom is 0.230 e. The van der Waals surface area contributed by atoms with Crippen LogP contribution in [-0.2, 0) is 10.2 Å². The van der Waals surface area contributed by atoms with Crippen LogP contribution < -0.4 is 10.1 Å². The van der Waals surface area contributed by atoms with Gasteiger partial charge in [0.05, 0.1) is 12.3 Å². The summed E-state index contributed by atoms with van der Waals surface area (Å²) in [4.78, 5) is 12.9. The highest BCUT2D eigenvalue weighted by Gasteiger charge is 2.18. The summed E-state index contributed by atoms with van der Waals surface area (Å²) < 4.78 is 5.85. The molecule has 0 saturated carbocycles. The van der Waals surface area contributed by atoms with Gasteiger partial charge in [0, 0.05) is 9.92 Å². The Morgan fingerprint density at radius 3 is 2.48 bits per heavy atom. The lowest BCUT2D eigenvalue weighted by Gasteiger charge is -2.22. The fourth-order valence-electron chi connectivity index (χ4n) is 2.29. The van der Waals surface area contributed by atoms with Crippen molar-refractivity contribution in [3.8, 4) is 5.75 Å². The van der Waals surface area contributed by atoms with Gasteiger partial charge in [-0.2, -0.15) is 0 Å². The van der Waals surface area contributed by atoms with Crippen molar-refractivity contribution >= 4 is 29.3 Å². The van der Waals surface area contributed by atoms with E-state index in [4.69, 9.17) is 16.3 Å². The molecule has 0 radical (unpaired) electrons. The molecule has 0 bridgehead atoms. The van der Waals surface area contributed by atoms with Crippen LogP contribution in [0.1, 0.15) is 26.3 Å². The number of thioether (sulfide) groups is 1. The summed E-state index contributed by atoms with van der Waals surface area (Å²) in [5.41, 5.74) is 1.19. The molecule has 2 rings (SSSR count). The molecule has 5 heteroatoms. The van der Waals surface area contributed by atoms with Gasteiger partial charge in [-0.05, 0) is 41.3 Å². The van der Waals surface area contributed by atoms with Crippen LogP contribution in [0.3, 0.4) is 0 Å². The molecule has 0 saturated heterocycles. The van der Waals surface area contributed by atoms with E-state index in [1.165, 1.54) is 17.3 Å². The molecule has 3 nitrogen and oxygen atoms in total. The van der Waals surface area contributed by atoms with Crippen LogP contribution in [0.4, 0.5) is 0 Å². The summed E-state index contributed by atoms with van der Waals surface area (Å²) in [6, 6.07) is 15.5. The average Bonchev–Trinajstić information content (AvgIpc) is 2.58. The zero-order valence-corrected chi connectivity index (χ0v) is 16.4. The Morgan fingerprint density at radius 2 is 1.80 bits per heavy atom. The number of carbonyl (C=O) groups is 1. The largest absolute Gasteiger partial charge is 0.491 e. The number of hydrogen-bond donors (Lipinski definition) is 1. The van der Waals surface area contributed by atoms with Gasteiger partial charge in [-0.3, -0.25) is 4.79 Å². The third-order valence-corrected chi connectivity index (χ3v) is 4.82. The average molecular weight is 378 g/mol. The third-order valence-electron chi connectivity index (χ3n) is 3.56. The van der Waals surface area contributed by atoms with Crippen molar-refractivity contribution in [3.05, 3.63) is 59.1 Å². The molecule has 0 fully saturated rings. The van der Waals surface area contributed by atoms with E-state index in [9.17, 15) is 4.79 Å². The lowest BCUT2D eigenvalue weighted by molar-refractivity contribution is -0.118. The second kappa shape index (κ2) is 9.16. The van der Waals surface area contributed by atoms with E-state index < -0.39 is 0 Å². The van der Waals surface area contributed by atoms with Gasteiger partial charge in [-0.25, -0.2) is 0 Å². The van der Waals surface area contributed by atoms with Crippen LogP contribution in [0.15, 0.2) is 53.4 Å². The first-order valence-electron chi connectivity index (χ1n) is 8.23. The van der Waals surface area contributed by atoms with E-state index in [0.29, 0.717) is 23.9 Å². The number of ether oxygens (including phenoxy) is 1. The number of para-hydroxylation sites is 1. The fourth-order valence-corrected chi connectivity index (χ4v) is 3.15. The van der Waals surface area contributed by atoms with Crippen molar-refractivity contribution in [2.45, 2.75) is 31.1 Å². The van der Waals surface area contributed by atoms with Gasteiger partial charge in [0.15, 0.2) is 0 Å². The Labute approximate surface area is 159 Å². The van der Waals surface area contributed by atoms with Crippen LogP contribution >= 0.6 is 23.4 Å². The summed E-state index contributed by atoms with van der Waals surface area (Å²) in [7, 11) is 0. The van der Waals surface area contributed by atoms with E-state index in [0.717, 1.165) is 10.6 Å². The lowest BCUT2D eigenvalue weighted by atomic mass is 9.86. The fraction of sp³-hybridized carbons (Fsp3) is 0.350. The van der Waals surface area contributed by atoms with Crippen molar-refractivity contribution < 1.29 is 9.53 Å². The third kappa shape index (κ3) is 6.63. The lowest BCUT2D eigenvalue weighted by Crippen LogP contribution is -2.29. The van der Waals surface area contributed by atoms with Gasteiger partial charge in [-0.1, -0.05) is 50.6 Å². The molecule has 2 aromatic carbocycles. The zero-order valence-electron chi connectivity index (χ0n) is 14.8. The van der Waals surface area contributed by atoms with Crippen LogP contribution in [-0.4, -0.2) is 24.8 Å². The molecule has 134 valence electrons. The van der Waals surface area contributed by atoms with Gasteiger partial charge in [0.1, 0.15) is 12.4 Å². The number of halogens is 1. The molecule has 0 atom stereocenters. The van der Waals surface area contributed by atoms with Gasteiger partial charge in [0.25, 0.3) is 0 Å².